The number of halogens is 1. The van der Waals surface area contributed by atoms with Crippen LogP contribution in [0.25, 0.3) is 0 Å². The van der Waals surface area contributed by atoms with Crippen LogP contribution in [0.1, 0.15) is 30.4 Å². The third-order valence-corrected chi connectivity index (χ3v) is 4.40. The second kappa shape index (κ2) is 4.40. The fraction of sp³-hybridized carbons (Fsp3) is 0. The number of anilines is 1. The van der Waals surface area contributed by atoms with E-state index in [-0.39, 0.29) is 0 Å². The Labute approximate surface area is 120 Å². The number of hydrogen-bond acceptors (Lipinski definition) is 4. The average molecular weight is 336 g/mol. The van der Waals surface area contributed by atoms with Crippen molar-refractivity contribution in [3.63, 3.8) is 0 Å². The van der Waals surface area contributed by atoms with Crippen molar-refractivity contribution in [1.82, 2.24) is 0 Å². The summed E-state index contributed by atoms with van der Waals surface area (Å²) in [5.74, 6) is -0.789. The number of hydrogen-bond donors (Lipinski definition) is 0. The molecule has 0 saturated carbocycles. The van der Waals surface area contributed by atoms with Gasteiger partial charge in [-0.3, -0.25) is 14.4 Å². The molecule has 19 heavy (non-hydrogen) atoms. The van der Waals surface area contributed by atoms with Gasteiger partial charge < -0.3 is 0 Å². The molecule has 3 rings (SSSR count). The van der Waals surface area contributed by atoms with E-state index in [9.17, 15) is 14.4 Å². The summed E-state index contributed by atoms with van der Waals surface area (Å²) in [4.78, 5) is 37.0. The van der Waals surface area contributed by atoms with Crippen molar-refractivity contribution in [1.29, 1.82) is 0 Å². The minimum Gasteiger partial charge on any atom is -0.297 e. The maximum Gasteiger partial charge on any atom is 0.266 e. The van der Waals surface area contributed by atoms with E-state index in [1.165, 1.54) is 11.3 Å². The van der Waals surface area contributed by atoms with E-state index < -0.39 is 11.8 Å². The second-order valence-electron chi connectivity index (χ2n) is 3.91. The zero-order valence-corrected chi connectivity index (χ0v) is 11.8. The lowest BCUT2D eigenvalue weighted by Crippen LogP contribution is -2.29. The summed E-state index contributed by atoms with van der Waals surface area (Å²) in [6.07, 6.45) is 0.647. The Bertz CT molecular complexity index is 687. The molecule has 0 saturated heterocycles. The summed E-state index contributed by atoms with van der Waals surface area (Å²) in [7, 11) is 0. The summed E-state index contributed by atoms with van der Waals surface area (Å²) in [5, 5.41) is 0. The van der Waals surface area contributed by atoms with E-state index in [1.54, 1.807) is 30.3 Å². The minimum absolute atomic E-state index is 0.332. The molecular weight excluding hydrogens is 330 g/mol. The van der Waals surface area contributed by atoms with Gasteiger partial charge in [0, 0.05) is 0 Å². The van der Waals surface area contributed by atoms with Crippen molar-refractivity contribution in [3.05, 3.63) is 50.1 Å². The molecule has 4 nitrogen and oxygen atoms in total. The number of carbonyl (C=O) groups excluding carboxylic acids is 3. The van der Waals surface area contributed by atoms with Crippen molar-refractivity contribution >= 4 is 51.1 Å². The van der Waals surface area contributed by atoms with Gasteiger partial charge in [-0.2, -0.15) is 0 Å². The van der Waals surface area contributed by atoms with Crippen molar-refractivity contribution in [2.24, 2.45) is 0 Å². The van der Waals surface area contributed by atoms with Crippen LogP contribution in [-0.2, 0) is 0 Å². The number of fused-ring (bicyclic) bond motifs is 1. The summed E-state index contributed by atoms with van der Waals surface area (Å²) in [6, 6.07) is 8.24. The smallest absolute Gasteiger partial charge is 0.266 e. The summed E-state index contributed by atoms with van der Waals surface area (Å²) < 4.78 is 0.696. The molecule has 0 bridgehead atoms. The summed E-state index contributed by atoms with van der Waals surface area (Å²) in [6.45, 7) is 0. The summed E-state index contributed by atoms with van der Waals surface area (Å²) in [5.41, 5.74) is 1.07. The van der Waals surface area contributed by atoms with Crippen molar-refractivity contribution in [3.8, 4) is 0 Å². The predicted octanol–water partition coefficient (Wildman–Crippen LogP) is 3.12. The van der Waals surface area contributed by atoms with Crippen LogP contribution < -0.4 is 4.90 Å². The zero-order chi connectivity index (χ0) is 13.6. The molecule has 2 heterocycles. The van der Waals surface area contributed by atoms with Crippen LogP contribution >= 0.6 is 27.3 Å². The highest BCUT2D eigenvalue weighted by Crippen LogP contribution is 2.36. The van der Waals surface area contributed by atoms with Crippen molar-refractivity contribution in [2.75, 3.05) is 4.90 Å². The fourth-order valence-electron chi connectivity index (χ4n) is 2.03. The Morgan fingerprint density at radius 3 is 2.21 bits per heavy atom. The van der Waals surface area contributed by atoms with Gasteiger partial charge in [0.05, 0.1) is 25.5 Å². The fourth-order valence-corrected chi connectivity index (χ4v) is 3.46. The maximum atomic E-state index is 12.3. The monoisotopic (exact) mass is 335 g/mol. The molecule has 0 N–H and O–H groups in total. The molecule has 0 atom stereocenters. The average Bonchev–Trinajstić information content (AvgIpc) is 2.90. The normalized spacial score (nSPS) is 13.8. The molecule has 94 valence electrons. The van der Waals surface area contributed by atoms with Crippen LogP contribution in [0.2, 0.25) is 0 Å². The van der Waals surface area contributed by atoms with E-state index in [0.717, 1.165) is 4.90 Å². The zero-order valence-electron chi connectivity index (χ0n) is 9.42. The lowest BCUT2D eigenvalue weighted by Gasteiger charge is -2.12. The van der Waals surface area contributed by atoms with E-state index in [2.05, 4.69) is 15.9 Å². The molecule has 0 aliphatic carbocycles. The van der Waals surface area contributed by atoms with Gasteiger partial charge in [-0.1, -0.05) is 12.1 Å². The highest BCUT2D eigenvalue weighted by Gasteiger charge is 2.37. The maximum absolute atomic E-state index is 12.3. The Morgan fingerprint density at radius 2 is 1.68 bits per heavy atom. The topological polar surface area (TPSA) is 54.5 Å². The van der Waals surface area contributed by atoms with Gasteiger partial charge in [-0.25, -0.2) is 4.90 Å². The predicted molar refractivity (Wildman–Crippen MR) is 75.0 cm³/mol. The molecule has 1 aliphatic rings. The van der Waals surface area contributed by atoms with Crippen molar-refractivity contribution < 1.29 is 14.4 Å². The Balaban J connectivity index is 2.16. The molecular formula is C13H6BrNO3S. The number of thiophene rings is 1. The highest BCUT2D eigenvalue weighted by molar-refractivity contribution is 9.11. The highest BCUT2D eigenvalue weighted by atomic mass is 79.9. The van der Waals surface area contributed by atoms with E-state index in [1.807, 2.05) is 0 Å². The molecule has 0 fully saturated rings. The van der Waals surface area contributed by atoms with Crippen LogP contribution in [0.3, 0.4) is 0 Å². The largest absolute Gasteiger partial charge is 0.297 e. The molecule has 6 heteroatoms. The first kappa shape index (κ1) is 12.3. The number of carbonyl (C=O) groups is 3. The van der Waals surface area contributed by atoms with Gasteiger partial charge in [0.2, 0.25) is 0 Å². The quantitative estimate of drug-likeness (QED) is 0.625. The van der Waals surface area contributed by atoms with Crippen LogP contribution in [0.5, 0.6) is 0 Å². The molecule has 0 spiro atoms. The van der Waals surface area contributed by atoms with E-state index in [0.29, 0.717) is 31.8 Å². The van der Waals surface area contributed by atoms with Gasteiger partial charge in [-0.15, -0.1) is 11.3 Å². The van der Waals surface area contributed by atoms with Gasteiger partial charge in [0.25, 0.3) is 11.8 Å². The molecule has 1 aromatic carbocycles. The van der Waals surface area contributed by atoms with Gasteiger partial charge in [-0.05, 0) is 34.1 Å². The number of aldehydes is 1. The number of amides is 2. The number of rotatable bonds is 2. The standard InChI is InChI=1S/C13H6BrNO3S/c14-11-5-9(10(6-16)19-11)15-12(17)7-3-1-2-4-8(7)13(15)18/h1-6H. The SMILES string of the molecule is O=Cc1sc(Br)cc1N1C(=O)c2ccccc2C1=O. The Morgan fingerprint density at radius 1 is 1.11 bits per heavy atom. The summed E-state index contributed by atoms with van der Waals surface area (Å²) >= 11 is 4.44. The van der Waals surface area contributed by atoms with Gasteiger partial charge >= 0.3 is 0 Å². The Kier molecular flexibility index (Phi) is 2.83. The number of benzene rings is 1. The van der Waals surface area contributed by atoms with Crippen LogP contribution in [0.15, 0.2) is 34.1 Å². The van der Waals surface area contributed by atoms with Gasteiger partial charge in [0.1, 0.15) is 0 Å². The number of imide groups is 1. The molecule has 0 unspecified atom stereocenters. The first-order chi connectivity index (χ1) is 9.13. The Hall–Kier alpha value is -1.79. The molecule has 2 aromatic rings. The lowest BCUT2D eigenvalue weighted by molar-refractivity contribution is 0.0926. The third-order valence-electron chi connectivity index (χ3n) is 2.85. The van der Waals surface area contributed by atoms with Crippen LogP contribution in [0.4, 0.5) is 5.69 Å². The van der Waals surface area contributed by atoms with E-state index in [4.69, 9.17) is 0 Å². The van der Waals surface area contributed by atoms with Crippen molar-refractivity contribution in [2.45, 2.75) is 0 Å². The molecule has 0 radical (unpaired) electrons. The second-order valence-corrected chi connectivity index (χ2v) is 6.37. The lowest BCUT2D eigenvalue weighted by atomic mass is 10.1. The van der Waals surface area contributed by atoms with Gasteiger partial charge in [0.15, 0.2) is 6.29 Å². The molecule has 2 amide bonds. The first-order valence-corrected chi connectivity index (χ1v) is 6.96. The number of nitrogens with zero attached hydrogens (tertiary/aromatic N) is 1. The van der Waals surface area contributed by atoms with E-state index >= 15 is 0 Å². The van der Waals surface area contributed by atoms with Crippen LogP contribution in [-0.4, -0.2) is 18.1 Å². The molecule has 1 aromatic heterocycles. The molecule has 1 aliphatic heterocycles. The minimum atomic E-state index is -0.394. The third kappa shape index (κ3) is 1.75. The van der Waals surface area contributed by atoms with Crippen LogP contribution in [0, 0.1) is 0 Å². The first-order valence-electron chi connectivity index (χ1n) is 5.36.